The number of piperidine rings is 1. The molecule has 0 bridgehead atoms. The number of benzene rings is 2. The summed E-state index contributed by atoms with van der Waals surface area (Å²) < 4.78 is 41.4. The van der Waals surface area contributed by atoms with Gasteiger partial charge in [-0.05, 0) is 30.5 Å². The van der Waals surface area contributed by atoms with Gasteiger partial charge in [0.1, 0.15) is 19.0 Å². The third-order valence-corrected chi connectivity index (χ3v) is 8.93. The molecule has 1 fully saturated rings. The zero-order valence-electron chi connectivity index (χ0n) is 18.4. The summed E-state index contributed by atoms with van der Waals surface area (Å²) in [5.41, 5.74) is 1.22. The number of aromatic nitrogens is 3. The SMILES string of the molecule is Cn1c(SCc2ccccc2)nnc1C1CCCN(S(=O)(=O)c2ccc3c(c2)OCCO3)C1. The summed E-state index contributed by atoms with van der Waals surface area (Å²) >= 11 is 1.63. The summed E-state index contributed by atoms with van der Waals surface area (Å²) in [6, 6.07) is 15.1. The van der Waals surface area contributed by atoms with E-state index in [1.54, 1.807) is 34.3 Å². The molecular weight excluding hydrogens is 460 g/mol. The maximum absolute atomic E-state index is 13.4. The molecule has 33 heavy (non-hydrogen) atoms. The highest BCUT2D eigenvalue weighted by Gasteiger charge is 2.34. The van der Waals surface area contributed by atoms with Crippen molar-refractivity contribution >= 4 is 21.8 Å². The Hall–Kier alpha value is -2.56. The van der Waals surface area contributed by atoms with Crippen molar-refractivity contribution in [2.24, 2.45) is 7.05 Å². The zero-order chi connectivity index (χ0) is 22.8. The topological polar surface area (TPSA) is 86.6 Å². The highest BCUT2D eigenvalue weighted by atomic mass is 32.2. The highest BCUT2D eigenvalue weighted by Crippen LogP contribution is 2.35. The van der Waals surface area contributed by atoms with Crippen LogP contribution in [0.1, 0.15) is 30.1 Å². The predicted molar refractivity (Wildman–Crippen MR) is 125 cm³/mol. The van der Waals surface area contributed by atoms with Gasteiger partial charge in [-0.2, -0.15) is 4.31 Å². The summed E-state index contributed by atoms with van der Waals surface area (Å²) in [5, 5.41) is 9.64. The lowest BCUT2D eigenvalue weighted by Gasteiger charge is -2.31. The van der Waals surface area contributed by atoms with Crippen LogP contribution >= 0.6 is 11.8 Å². The zero-order valence-corrected chi connectivity index (χ0v) is 20.0. The lowest BCUT2D eigenvalue weighted by Crippen LogP contribution is -2.39. The molecular formula is C23H26N4O4S2. The molecule has 2 aliphatic heterocycles. The fourth-order valence-corrected chi connectivity index (χ4v) is 6.65. The summed E-state index contributed by atoms with van der Waals surface area (Å²) in [5.74, 6) is 2.69. The summed E-state index contributed by atoms with van der Waals surface area (Å²) in [4.78, 5) is 0.226. The number of fused-ring (bicyclic) bond motifs is 1. The van der Waals surface area contributed by atoms with Crippen molar-refractivity contribution < 1.29 is 17.9 Å². The van der Waals surface area contributed by atoms with E-state index in [0.717, 1.165) is 29.6 Å². The van der Waals surface area contributed by atoms with Crippen LogP contribution < -0.4 is 9.47 Å². The van der Waals surface area contributed by atoms with Crippen LogP contribution in [0.25, 0.3) is 0 Å². The first-order valence-corrected chi connectivity index (χ1v) is 13.4. The Morgan fingerprint density at radius 3 is 2.67 bits per heavy atom. The van der Waals surface area contributed by atoms with Gasteiger partial charge in [0, 0.05) is 37.9 Å². The average Bonchev–Trinajstić information content (AvgIpc) is 3.23. The van der Waals surface area contributed by atoms with E-state index in [9.17, 15) is 8.42 Å². The number of hydrogen-bond acceptors (Lipinski definition) is 7. The van der Waals surface area contributed by atoms with Crippen molar-refractivity contribution in [3.8, 4) is 11.5 Å². The Morgan fingerprint density at radius 2 is 1.85 bits per heavy atom. The van der Waals surface area contributed by atoms with E-state index < -0.39 is 10.0 Å². The van der Waals surface area contributed by atoms with Crippen molar-refractivity contribution in [1.82, 2.24) is 19.1 Å². The van der Waals surface area contributed by atoms with Gasteiger partial charge in [0.2, 0.25) is 10.0 Å². The molecule has 1 atom stereocenters. The molecule has 1 unspecified atom stereocenters. The van der Waals surface area contributed by atoms with Crippen LogP contribution in [-0.2, 0) is 22.8 Å². The van der Waals surface area contributed by atoms with Gasteiger partial charge in [-0.25, -0.2) is 8.42 Å². The van der Waals surface area contributed by atoms with Crippen molar-refractivity contribution in [3.63, 3.8) is 0 Å². The van der Waals surface area contributed by atoms with Crippen LogP contribution in [0.4, 0.5) is 0 Å². The Labute approximate surface area is 198 Å². The minimum absolute atomic E-state index is 0.00527. The van der Waals surface area contributed by atoms with Gasteiger partial charge in [0.15, 0.2) is 16.7 Å². The minimum Gasteiger partial charge on any atom is -0.486 e. The lowest BCUT2D eigenvalue weighted by atomic mass is 9.99. The van der Waals surface area contributed by atoms with E-state index in [2.05, 4.69) is 22.3 Å². The quantitative estimate of drug-likeness (QED) is 0.493. The number of rotatable bonds is 6. The third kappa shape index (κ3) is 4.60. The molecule has 3 aromatic rings. The molecule has 10 heteroatoms. The van der Waals surface area contributed by atoms with Gasteiger partial charge < -0.3 is 14.0 Å². The highest BCUT2D eigenvalue weighted by molar-refractivity contribution is 7.98. The lowest BCUT2D eigenvalue weighted by molar-refractivity contribution is 0.171. The molecule has 5 rings (SSSR count). The van der Waals surface area contributed by atoms with Crippen LogP contribution in [0.15, 0.2) is 58.6 Å². The summed E-state index contributed by atoms with van der Waals surface area (Å²) in [6.07, 6.45) is 1.65. The Morgan fingerprint density at radius 1 is 1.06 bits per heavy atom. The van der Waals surface area contributed by atoms with Crippen LogP contribution in [-0.4, -0.2) is 53.8 Å². The summed E-state index contributed by atoms with van der Waals surface area (Å²) in [7, 11) is -1.70. The van der Waals surface area contributed by atoms with E-state index in [1.807, 2.05) is 29.8 Å². The predicted octanol–water partition coefficient (Wildman–Crippen LogP) is 3.45. The maximum Gasteiger partial charge on any atom is 0.243 e. The molecule has 2 aliphatic rings. The molecule has 1 saturated heterocycles. The van der Waals surface area contributed by atoms with Gasteiger partial charge in [0.25, 0.3) is 0 Å². The monoisotopic (exact) mass is 486 g/mol. The van der Waals surface area contributed by atoms with Crippen LogP contribution in [0.5, 0.6) is 11.5 Å². The first kappa shape index (κ1) is 22.2. The molecule has 1 aromatic heterocycles. The van der Waals surface area contributed by atoms with Crippen molar-refractivity contribution in [3.05, 3.63) is 59.9 Å². The molecule has 0 amide bonds. The Bertz CT molecular complexity index is 1230. The largest absolute Gasteiger partial charge is 0.486 e. The van der Waals surface area contributed by atoms with Crippen molar-refractivity contribution in [2.75, 3.05) is 26.3 Å². The van der Waals surface area contributed by atoms with E-state index >= 15 is 0 Å². The second-order valence-electron chi connectivity index (χ2n) is 8.18. The Balaban J connectivity index is 1.31. The smallest absolute Gasteiger partial charge is 0.243 e. The van der Waals surface area contributed by atoms with Crippen molar-refractivity contribution in [1.29, 1.82) is 0 Å². The standard InChI is InChI=1S/C23H26N4O4S2/c1-26-22(24-25-23(26)32-16-17-6-3-2-4-7-17)18-8-5-11-27(15-18)33(28,29)19-9-10-20-21(14-19)31-13-12-30-20/h2-4,6-7,9-10,14,18H,5,8,11-13,15-16H2,1H3. The normalized spacial score (nSPS) is 18.9. The number of ether oxygens (including phenoxy) is 2. The van der Waals surface area contributed by atoms with E-state index in [4.69, 9.17) is 9.47 Å². The van der Waals surface area contributed by atoms with Gasteiger partial charge in [-0.1, -0.05) is 42.1 Å². The minimum atomic E-state index is -3.65. The molecule has 174 valence electrons. The van der Waals surface area contributed by atoms with Crippen LogP contribution in [0, 0.1) is 0 Å². The first-order chi connectivity index (χ1) is 16.0. The molecule has 3 heterocycles. The van der Waals surface area contributed by atoms with Gasteiger partial charge in [-0.15, -0.1) is 10.2 Å². The fourth-order valence-electron chi connectivity index (χ4n) is 4.23. The molecule has 0 aliphatic carbocycles. The summed E-state index contributed by atoms with van der Waals surface area (Å²) in [6.45, 7) is 1.75. The molecule has 2 aromatic carbocycles. The molecule has 0 N–H and O–H groups in total. The van der Waals surface area contributed by atoms with Gasteiger partial charge >= 0.3 is 0 Å². The third-order valence-electron chi connectivity index (χ3n) is 5.98. The Kier molecular flexibility index (Phi) is 6.31. The van der Waals surface area contributed by atoms with E-state index in [0.29, 0.717) is 37.8 Å². The van der Waals surface area contributed by atoms with Gasteiger partial charge in [0.05, 0.1) is 4.90 Å². The van der Waals surface area contributed by atoms with Crippen molar-refractivity contribution in [2.45, 2.75) is 34.6 Å². The number of nitrogens with zero attached hydrogens (tertiary/aromatic N) is 4. The van der Waals surface area contributed by atoms with Crippen LogP contribution in [0.2, 0.25) is 0 Å². The van der Waals surface area contributed by atoms with Crippen LogP contribution in [0.3, 0.4) is 0 Å². The fraction of sp³-hybridized carbons (Fsp3) is 0.391. The second-order valence-corrected chi connectivity index (χ2v) is 11.1. The molecule has 0 radical (unpaired) electrons. The maximum atomic E-state index is 13.4. The average molecular weight is 487 g/mol. The number of sulfonamides is 1. The molecule has 0 saturated carbocycles. The molecule has 0 spiro atoms. The van der Waals surface area contributed by atoms with Gasteiger partial charge in [-0.3, -0.25) is 0 Å². The van der Waals surface area contributed by atoms with E-state index in [1.165, 1.54) is 5.56 Å². The van der Waals surface area contributed by atoms with E-state index in [-0.39, 0.29) is 10.8 Å². The second kappa shape index (κ2) is 9.36. The first-order valence-electron chi connectivity index (χ1n) is 11.0. The molecule has 8 nitrogen and oxygen atoms in total. The number of hydrogen-bond donors (Lipinski definition) is 0. The number of thioether (sulfide) groups is 1.